The summed E-state index contributed by atoms with van der Waals surface area (Å²) in [6, 6.07) is 0. The van der Waals surface area contributed by atoms with Gasteiger partial charge in [0.05, 0.1) is 0 Å². The van der Waals surface area contributed by atoms with Crippen LogP contribution in [0.15, 0.2) is 0 Å². The number of halogens is 1. The van der Waals surface area contributed by atoms with Crippen LogP contribution >= 0.6 is 0 Å². The third kappa shape index (κ3) is 9.20. The van der Waals surface area contributed by atoms with Crippen LogP contribution in [0.2, 0.25) is 0 Å². The van der Waals surface area contributed by atoms with Crippen LogP contribution in [0.5, 0.6) is 0 Å². The van der Waals surface area contributed by atoms with Gasteiger partial charge in [0.25, 0.3) is 0 Å². The van der Waals surface area contributed by atoms with Crippen molar-refractivity contribution in [3.8, 4) is 0 Å². The molecule has 0 aromatic carbocycles. The summed E-state index contributed by atoms with van der Waals surface area (Å²) in [6.07, 6.45) is 0. The van der Waals surface area contributed by atoms with Crippen LogP contribution < -0.4 is 63.8 Å². The van der Waals surface area contributed by atoms with Gasteiger partial charge in [0, 0.05) is 17.1 Å². The molecule has 20 valence electrons. The summed E-state index contributed by atoms with van der Waals surface area (Å²) in [6.45, 7) is 0. The average molecular weight is 172 g/mol. The average Bonchev–Trinajstić information content (AvgIpc) is 0. The van der Waals surface area contributed by atoms with Crippen LogP contribution in [-0.2, 0) is 17.1 Å². The van der Waals surface area contributed by atoms with E-state index >= 15 is 0 Å². The van der Waals surface area contributed by atoms with E-state index in [2.05, 4.69) is 0 Å². The fraction of sp³-hybridized carbons (Fsp3) is 0. The Hall–Kier alpha value is 3.71. The van der Waals surface area contributed by atoms with Crippen LogP contribution in [0.3, 0.4) is 0 Å². The largest absolute Gasteiger partial charge is 2.00 e. The van der Waals surface area contributed by atoms with Gasteiger partial charge in [0.1, 0.15) is 0 Å². The van der Waals surface area contributed by atoms with Gasteiger partial charge in [-0.2, -0.15) is 0 Å². The summed E-state index contributed by atoms with van der Waals surface area (Å²) in [7, 11) is 0. The molecule has 0 aliphatic carbocycles. The molecule has 0 nitrogen and oxygen atoms in total. The van der Waals surface area contributed by atoms with Crippen molar-refractivity contribution in [2.75, 3.05) is 0 Å². The molecule has 0 spiro atoms. The van der Waals surface area contributed by atoms with Gasteiger partial charge in [-0.1, -0.05) is 0 Å². The Morgan fingerprint density at radius 3 is 1.25 bits per heavy atom. The van der Waals surface area contributed by atoms with Crippen LogP contribution in [0, 0.1) is 0 Å². The summed E-state index contributed by atoms with van der Waals surface area (Å²) in [5.74, 6) is 0. The van der Waals surface area contributed by atoms with Crippen molar-refractivity contribution >= 4 is 37.7 Å². The Morgan fingerprint density at radius 2 is 1.25 bits per heavy atom. The van der Waals surface area contributed by atoms with Gasteiger partial charge < -0.3 is 15.3 Å². The van der Waals surface area contributed by atoms with E-state index < -0.39 is 0 Å². The molecule has 0 atom stereocenters. The van der Waals surface area contributed by atoms with Crippen LogP contribution in [-0.4, -0.2) is 37.7 Å². The minimum Gasteiger partial charge on any atom is -1.00 e. The van der Waals surface area contributed by atoms with Gasteiger partial charge >= 0.3 is 89.1 Å². The van der Waals surface area contributed by atoms with E-state index in [1.54, 1.807) is 0 Å². The Balaban J connectivity index is 0. The van der Waals surface area contributed by atoms with Gasteiger partial charge in [-0.25, -0.2) is 0 Å². The molecule has 0 bridgehead atoms. The van der Waals surface area contributed by atoms with Crippen molar-refractivity contribution in [3.63, 3.8) is 0 Å². The first-order chi connectivity index (χ1) is 0. The zero-order valence-electron chi connectivity index (χ0n) is 4.44. The molecular weight excluding hydrogens is 170 g/mol. The molecule has 0 rings (SSSR count). The van der Waals surface area contributed by atoms with Crippen molar-refractivity contribution in [1.82, 2.24) is 0 Å². The first-order valence-corrected chi connectivity index (χ1v) is 0. The van der Waals surface area contributed by atoms with E-state index in [0.717, 1.165) is 0 Å². The molecule has 0 saturated heterocycles. The number of hydrogen-bond acceptors (Lipinski definition) is 0. The maximum absolute atomic E-state index is 0. The minimum absolute atomic E-state index is 0. The second-order valence-corrected chi connectivity index (χ2v) is 0. The second-order valence-electron chi connectivity index (χ2n) is 0. The fourth-order valence-corrected chi connectivity index (χ4v) is 0. The third-order valence-electron chi connectivity index (χ3n) is 0. The van der Waals surface area contributed by atoms with Gasteiger partial charge in [-0.3, -0.25) is 0 Å². The molecular formula is H2CaClFeK. The maximum atomic E-state index is 0. The second kappa shape index (κ2) is 15.9. The summed E-state index contributed by atoms with van der Waals surface area (Å²) < 4.78 is 0. The van der Waals surface area contributed by atoms with Crippen molar-refractivity contribution in [2.45, 2.75) is 0 Å². The van der Waals surface area contributed by atoms with E-state index in [-0.39, 0.29) is 121 Å². The molecule has 4 heavy (non-hydrogen) atoms. The molecule has 0 fully saturated rings. The zero-order chi connectivity index (χ0) is 0. The maximum Gasteiger partial charge on any atom is 2.00 e. The zero-order valence-corrected chi connectivity index (χ0v) is 9.63. The SMILES string of the molecule is [Ca+2].[Cl-].[Fe].[H-].[H-].[K+]. The molecule has 0 aliphatic heterocycles. The smallest absolute Gasteiger partial charge is 1.00 e. The predicted molar refractivity (Wildman–Crippen MR) is 7.98 cm³/mol. The van der Waals surface area contributed by atoms with Crippen LogP contribution in [0.25, 0.3) is 0 Å². The molecule has 4 heteroatoms. The predicted octanol–water partition coefficient (Wildman–Crippen LogP) is -6.15. The molecule has 0 saturated carbocycles. The van der Waals surface area contributed by atoms with E-state index in [1.807, 2.05) is 0 Å². The number of rotatable bonds is 0. The van der Waals surface area contributed by atoms with Crippen molar-refractivity contribution in [2.24, 2.45) is 0 Å². The van der Waals surface area contributed by atoms with E-state index in [9.17, 15) is 0 Å². The number of hydrogen-bond donors (Lipinski definition) is 0. The first kappa shape index (κ1) is 25.2. The summed E-state index contributed by atoms with van der Waals surface area (Å²) in [5, 5.41) is 0. The normalized spacial score (nSPS) is 0. The monoisotopic (exact) mass is 172 g/mol. The van der Waals surface area contributed by atoms with Crippen molar-refractivity contribution < 1.29 is 83.7 Å². The summed E-state index contributed by atoms with van der Waals surface area (Å²) in [5.41, 5.74) is 0. The molecule has 0 amide bonds. The first-order valence-electron chi connectivity index (χ1n) is 0. The van der Waals surface area contributed by atoms with E-state index in [1.165, 1.54) is 0 Å². The van der Waals surface area contributed by atoms with E-state index in [0.29, 0.717) is 0 Å². The van der Waals surface area contributed by atoms with Crippen LogP contribution in [0.1, 0.15) is 2.85 Å². The van der Waals surface area contributed by atoms with Crippen molar-refractivity contribution in [3.05, 3.63) is 0 Å². The van der Waals surface area contributed by atoms with E-state index in [4.69, 9.17) is 0 Å². The third-order valence-corrected chi connectivity index (χ3v) is 0. The molecule has 0 aromatic rings. The molecule has 0 radical (unpaired) electrons. The van der Waals surface area contributed by atoms with Crippen LogP contribution in [0.4, 0.5) is 0 Å². The van der Waals surface area contributed by atoms with Gasteiger partial charge in [-0.15, -0.1) is 0 Å². The van der Waals surface area contributed by atoms with Gasteiger partial charge in [-0.05, 0) is 0 Å². The van der Waals surface area contributed by atoms with Gasteiger partial charge in [0.15, 0.2) is 0 Å². The molecule has 0 aliphatic rings. The molecule has 0 heterocycles. The topological polar surface area (TPSA) is 0 Å². The van der Waals surface area contributed by atoms with Crippen molar-refractivity contribution in [1.29, 1.82) is 0 Å². The quantitative estimate of drug-likeness (QED) is 0.319. The Bertz CT molecular complexity index is 13.5. The Labute approximate surface area is 118 Å². The fourth-order valence-electron chi connectivity index (χ4n) is 0. The summed E-state index contributed by atoms with van der Waals surface area (Å²) in [4.78, 5) is 0. The standard InChI is InChI=1S/Ca.ClH.Fe.K.2H/h;1H;;;;/q+2;;;+1;2*-1/p-1. The summed E-state index contributed by atoms with van der Waals surface area (Å²) >= 11 is 0. The minimum atomic E-state index is 0. The Kier molecular flexibility index (Phi) is 100. The molecule has 0 aromatic heterocycles. The molecule has 0 unspecified atom stereocenters. The van der Waals surface area contributed by atoms with Gasteiger partial charge in [0.2, 0.25) is 0 Å². The Morgan fingerprint density at radius 1 is 1.25 bits per heavy atom. The molecule has 0 N–H and O–H groups in total.